The molecule has 0 radical (unpaired) electrons. The van der Waals surface area contributed by atoms with Gasteiger partial charge in [-0.2, -0.15) is 11.8 Å². The van der Waals surface area contributed by atoms with Gasteiger partial charge in [0.05, 0.1) is 6.04 Å². The van der Waals surface area contributed by atoms with Crippen molar-refractivity contribution in [2.45, 2.75) is 25.3 Å². The number of nitrogens with one attached hydrogen (secondary N) is 2. The Bertz CT molecular complexity index is 238. The lowest BCUT2D eigenvalue weighted by Crippen LogP contribution is -2.48. The molecular formula is C12H23N3OS. The van der Waals surface area contributed by atoms with Gasteiger partial charge in [0, 0.05) is 37.7 Å². The van der Waals surface area contributed by atoms with Crippen LogP contribution in [0.1, 0.15) is 19.3 Å². The molecule has 2 aliphatic heterocycles. The number of carbonyl (C=O) groups is 1. The van der Waals surface area contributed by atoms with Gasteiger partial charge >= 0.3 is 0 Å². The van der Waals surface area contributed by atoms with Crippen molar-refractivity contribution in [1.29, 1.82) is 0 Å². The minimum absolute atomic E-state index is 0.0562. The lowest BCUT2D eigenvalue weighted by Gasteiger charge is -2.27. The Hall–Kier alpha value is -0.260. The molecule has 0 unspecified atom stereocenters. The Morgan fingerprint density at radius 1 is 1.35 bits per heavy atom. The highest BCUT2D eigenvalue weighted by atomic mass is 32.2. The van der Waals surface area contributed by atoms with Crippen molar-refractivity contribution in [3.8, 4) is 0 Å². The summed E-state index contributed by atoms with van der Waals surface area (Å²) >= 11 is 2.02. The molecule has 2 heterocycles. The molecule has 5 heteroatoms. The molecule has 0 bridgehead atoms. The fraction of sp³-hybridized carbons (Fsp3) is 0.917. The molecular weight excluding hydrogens is 234 g/mol. The largest absolute Gasteiger partial charge is 0.353 e. The number of hydrogen-bond acceptors (Lipinski definition) is 4. The molecule has 17 heavy (non-hydrogen) atoms. The lowest BCUT2D eigenvalue weighted by atomic mass is 10.0. The van der Waals surface area contributed by atoms with E-state index >= 15 is 0 Å². The fourth-order valence-electron chi connectivity index (χ4n) is 2.36. The highest BCUT2D eigenvalue weighted by Crippen LogP contribution is 2.08. The Morgan fingerprint density at radius 2 is 2.18 bits per heavy atom. The van der Waals surface area contributed by atoms with Crippen molar-refractivity contribution in [3.63, 3.8) is 0 Å². The van der Waals surface area contributed by atoms with Gasteiger partial charge in [0.25, 0.3) is 0 Å². The van der Waals surface area contributed by atoms with Gasteiger partial charge in [-0.3, -0.25) is 9.69 Å². The summed E-state index contributed by atoms with van der Waals surface area (Å²) in [6, 6.07) is 0.0562. The van der Waals surface area contributed by atoms with E-state index in [1.807, 2.05) is 11.8 Å². The van der Waals surface area contributed by atoms with Crippen molar-refractivity contribution >= 4 is 17.7 Å². The van der Waals surface area contributed by atoms with Gasteiger partial charge in [-0.25, -0.2) is 0 Å². The van der Waals surface area contributed by atoms with Gasteiger partial charge in [0.2, 0.25) is 5.91 Å². The van der Waals surface area contributed by atoms with E-state index in [9.17, 15) is 4.79 Å². The summed E-state index contributed by atoms with van der Waals surface area (Å²) in [6.07, 6.45) is 3.37. The first-order chi connectivity index (χ1) is 8.36. The van der Waals surface area contributed by atoms with Gasteiger partial charge in [0.1, 0.15) is 0 Å². The number of carbonyl (C=O) groups excluding carboxylic acids is 1. The van der Waals surface area contributed by atoms with E-state index in [-0.39, 0.29) is 11.9 Å². The minimum Gasteiger partial charge on any atom is -0.353 e. The Labute approximate surface area is 108 Å². The second-order valence-electron chi connectivity index (χ2n) is 4.75. The third-order valence-corrected chi connectivity index (χ3v) is 4.40. The Morgan fingerprint density at radius 3 is 2.88 bits per heavy atom. The summed E-state index contributed by atoms with van der Waals surface area (Å²) in [7, 11) is 0. The van der Waals surface area contributed by atoms with E-state index in [0.29, 0.717) is 0 Å². The van der Waals surface area contributed by atoms with E-state index < -0.39 is 0 Å². The smallest absolute Gasteiger partial charge is 0.237 e. The molecule has 1 amide bonds. The molecule has 0 spiro atoms. The topological polar surface area (TPSA) is 44.4 Å². The second kappa shape index (κ2) is 7.24. The zero-order valence-electron chi connectivity index (χ0n) is 10.4. The Kier molecular flexibility index (Phi) is 5.61. The summed E-state index contributed by atoms with van der Waals surface area (Å²) < 4.78 is 0. The van der Waals surface area contributed by atoms with Crippen LogP contribution in [0.25, 0.3) is 0 Å². The number of rotatable bonds is 4. The van der Waals surface area contributed by atoms with Crippen LogP contribution in [0.3, 0.4) is 0 Å². The van der Waals surface area contributed by atoms with Crippen molar-refractivity contribution in [2.75, 3.05) is 44.2 Å². The monoisotopic (exact) mass is 257 g/mol. The van der Waals surface area contributed by atoms with Crippen LogP contribution in [-0.4, -0.2) is 61.1 Å². The van der Waals surface area contributed by atoms with Crippen LogP contribution in [0.5, 0.6) is 0 Å². The maximum Gasteiger partial charge on any atom is 0.237 e. The van der Waals surface area contributed by atoms with Crippen molar-refractivity contribution in [1.82, 2.24) is 15.5 Å². The van der Waals surface area contributed by atoms with E-state index in [1.54, 1.807) is 0 Å². The number of nitrogens with zero attached hydrogens (tertiary/aromatic N) is 1. The van der Waals surface area contributed by atoms with Gasteiger partial charge in [-0.1, -0.05) is 6.42 Å². The van der Waals surface area contributed by atoms with E-state index in [4.69, 9.17) is 0 Å². The highest BCUT2D eigenvalue weighted by Gasteiger charge is 2.20. The number of piperidine rings is 1. The van der Waals surface area contributed by atoms with Crippen LogP contribution >= 0.6 is 11.8 Å². The second-order valence-corrected chi connectivity index (χ2v) is 5.97. The summed E-state index contributed by atoms with van der Waals surface area (Å²) in [5.41, 5.74) is 0. The van der Waals surface area contributed by atoms with E-state index in [0.717, 1.165) is 26.1 Å². The van der Waals surface area contributed by atoms with Crippen LogP contribution in [0, 0.1) is 0 Å². The van der Waals surface area contributed by atoms with Crippen LogP contribution in [0.2, 0.25) is 0 Å². The third-order valence-electron chi connectivity index (χ3n) is 3.46. The average Bonchev–Trinajstić information content (AvgIpc) is 2.41. The zero-order chi connectivity index (χ0) is 11.9. The molecule has 4 nitrogen and oxygen atoms in total. The molecule has 0 aromatic heterocycles. The van der Waals surface area contributed by atoms with Crippen molar-refractivity contribution in [3.05, 3.63) is 0 Å². The first-order valence-corrected chi connectivity index (χ1v) is 7.83. The molecule has 2 aliphatic rings. The molecule has 98 valence electrons. The maximum atomic E-state index is 11.8. The highest BCUT2D eigenvalue weighted by molar-refractivity contribution is 7.99. The van der Waals surface area contributed by atoms with Gasteiger partial charge in [0.15, 0.2) is 0 Å². The first kappa shape index (κ1) is 13.2. The number of hydrogen-bond donors (Lipinski definition) is 2. The fourth-order valence-corrected chi connectivity index (χ4v) is 3.34. The van der Waals surface area contributed by atoms with Crippen molar-refractivity contribution < 1.29 is 4.79 Å². The summed E-state index contributed by atoms with van der Waals surface area (Å²) in [5.74, 6) is 2.66. The van der Waals surface area contributed by atoms with E-state index in [1.165, 1.54) is 37.4 Å². The predicted octanol–water partition coefficient (Wildman–Crippen LogP) is 0.294. The minimum atomic E-state index is 0.0562. The van der Waals surface area contributed by atoms with Crippen LogP contribution in [-0.2, 0) is 4.79 Å². The zero-order valence-corrected chi connectivity index (χ0v) is 11.2. The van der Waals surface area contributed by atoms with Crippen molar-refractivity contribution in [2.24, 2.45) is 0 Å². The molecule has 2 N–H and O–H groups in total. The molecule has 1 atom stereocenters. The predicted molar refractivity (Wildman–Crippen MR) is 72.4 cm³/mol. The van der Waals surface area contributed by atoms with Crippen LogP contribution in [0.4, 0.5) is 0 Å². The molecule has 2 saturated heterocycles. The number of thioether (sulfide) groups is 1. The van der Waals surface area contributed by atoms with Crippen LogP contribution in [0.15, 0.2) is 0 Å². The normalized spacial score (nSPS) is 26.7. The van der Waals surface area contributed by atoms with E-state index in [2.05, 4.69) is 15.5 Å². The maximum absolute atomic E-state index is 11.8. The molecule has 0 aromatic rings. The SMILES string of the molecule is O=C(NCCN1CCSCC1)[C@H]1CCCCN1. The van der Waals surface area contributed by atoms with Crippen LogP contribution < -0.4 is 10.6 Å². The Balaban J connectivity index is 1.58. The van der Waals surface area contributed by atoms with Gasteiger partial charge < -0.3 is 10.6 Å². The summed E-state index contributed by atoms with van der Waals surface area (Å²) in [5, 5.41) is 6.33. The summed E-state index contributed by atoms with van der Waals surface area (Å²) in [4.78, 5) is 14.3. The molecule has 0 aromatic carbocycles. The number of amides is 1. The molecule has 0 aliphatic carbocycles. The van der Waals surface area contributed by atoms with Gasteiger partial charge in [-0.05, 0) is 19.4 Å². The first-order valence-electron chi connectivity index (χ1n) is 6.67. The molecule has 2 fully saturated rings. The van der Waals surface area contributed by atoms with Gasteiger partial charge in [-0.15, -0.1) is 0 Å². The molecule has 2 rings (SSSR count). The molecule has 0 saturated carbocycles. The average molecular weight is 257 g/mol. The third kappa shape index (κ3) is 4.48. The standard InChI is InChI=1S/C12H23N3OS/c16-12(11-3-1-2-4-13-11)14-5-6-15-7-9-17-10-8-15/h11,13H,1-10H2,(H,14,16)/t11-/m1/s1. The summed E-state index contributed by atoms with van der Waals surface area (Å²) in [6.45, 7) is 5.12. The quantitative estimate of drug-likeness (QED) is 0.760. The lowest BCUT2D eigenvalue weighted by molar-refractivity contribution is -0.123.